The number of aliphatic imine (C=N–C) groups is 1. The number of amides is 1. The molecule has 1 aliphatic heterocycles. The van der Waals surface area contributed by atoms with Crippen LogP contribution < -0.4 is 5.73 Å². The van der Waals surface area contributed by atoms with Crippen LogP contribution >= 0.6 is 11.6 Å². The van der Waals surface area contributed by atoms with Crippen molar-refractivity contribution < 1.29 is 36.3 Å². The predicted octanol–water partition coefficient (Wildman–Crippen LogP) is 6.24. The molecule has 270 valence electrons. The smallest absolute Gasteiger partial charge is 0.395 e. The minimum atomic E-state index is -4.60. The van der Waals surface area contributed by atoms with Crippen LogP contribution in [0.4, 0.5) is 22.0 Å². The molecule has 0 saturated heterocycles. The second-order valence-corrected chi connectivity index (χ2v) is 14.2. The molecule has 0 unspecified atom stereocenters. The Balaban J connectivity index is 1.41. The minimum absolute atomic E-state index is 0.00770. The first-order valence-electron chi connectivity index (χ1n) is 15.8. The maximum atomic E-state index is 14.8. The molecular formula is C33H33ClF5N9O3. The summed E-state index contributed by atoms with van der Waals surface area (Å²) in [6.07, 6.45) is -4.99. The highest BCUT2D eigenvalue weighted by atomic mass is 35.5. The molecule has 2 N–H and O–H groups in total. The van der Waals surface area contributed by atoms with Gasteiger partial charge in [-0.3, -0.25) is 14.5 Å². The molecule has 3 heterocycles. The van der Waals surface area contributed by atoms with E-state index in [4.69, 9.17) is 27.1 Å². The predicted molar refractivity (Wildman–Crippen MR) is 173 cm³/mol. The van der Waals surface area contributed by atoms with Gasteiger partial charge >= 0.3 is 12.1 Å². The van der Waals surface area contributed by atoms with Crippen molar-refractivity contribution in [2.24, 2.45) is 21.6 Å². The van der Waals surface area contributed by atoms with Crippen LogP contribution in [-0.4, -0.2) is 65.0 Å². The highest BCUT2D eigenvalue weighted by Gasteiger charge is 2.64. The highest BCUT2D eigenvalue weighted by Crippen LogP contribution is 2.60. The van der Waals surface area contributed by atoms with Crippen molar-refractivity contribution in [2.45, 2.75) is 70.6 Å². The Bertz CT molecular complexity index is 1950. The van der Waals surface area contributed by atoms with Crippen molar-refractivity contribution in [3.05, 3.63) is 83.4 Å². The number of rotatable bonds is 11. The van der Waals surface area contributed by atoms with Crippen molar-refractivity contribution in [3.8, 4) is 11.4 Å². The first-order chi connectivity index (χ1) is 23.9. The van der Waals surface area contributed by atoms with E-state index in [2.05, 4.69) is 20.2 Å². The van der Waals surface area contributed by atoms with E-state index in [0.717, 1.165) is 15.9 Å². The van der Waals surface area contributed by atoms with Crippen molar-refractivity contribution >= 4 is 29.4 Å². The second kappa shape index (κ2) is 13.0. The number of benzene rings is 2. The average Bonchev–Trinajstić information content (AvgIpc) is 3.38. The Morgan fingerprint density at radius 2 is 1.76 bits per heavy atom. The average molecular weight is 734 g/mol. The fourth-order valence-electron chi connectivity index (χ4n) is 6.32. The van der Waals surface area contributed by atoms with Gasteiger partial charge in [0.15, 0.2) is 17.3 Å². The number of carbonyl (C=O) groups excluding carboxylic acids is 2. The molecule has 6 rings (SSSR count). The highest BCUT2D eigenvalue weighted by molar-refractivity contribution is 6.32. The van der Waals surface area contributed by atoms with E-state index < -0.39 is 65.7 Å². The number of guanidine groups is 1. The summed E-state index contributed by atoms with van der Waals surface area (Å²) >= 11 is 6.42. The Labute approximate surface area is 293 Å². The number of nitrogens with two attached hydrogens (primary N) is 1. The Hall–Kier alpha value is -4.93. The molecule has 2 aliphatic rings. The lowest BCUT2D eigenvalue weighted by Crippen LogP contribution is -2.47. The van der Waals surface area contributed by atoms with Crippen molar-refractivity contribution in [1.82, 2.24) is 34.4 Å². The van der Waals surface area contributed by atoms with E-state index in [1.165, 1.54) is 35.5 Å². The van der Waals surface area contributed by atoms with Crippen LogP contribution in [0.5, 0.6) is 0 Å². The lowest BCUT2D eigenvalue weighted by atomic mass is 9.75. The first-order valence-corrected chi connectivity index (χ1v) is 16.2. The number of carbonyl (C=O) groups is 2. The number of hydrogen-bond acceptors (Lipinski definition) is 9. The van der Waals surface area contributed by atoms with Gasteiger partial charge in [0.1, 0.15) is 25.6 Å². The second-order valence-electron chi connectivity index (χ2n) is 13.8. The summed E-state index contributed by atoms with van der Waals surface area (Å²) in [6.45, 7) is 5.10. The molecule has 2 aromatic carbocycles. The maximum Gasteiger partial charge on any atom is 0.395 e. The fourth-order valence-corrected chi connectivity index (χ4v) is 6.52. The molecule has 1 aliphatic carbocycles. The number of esters is 1. The van der Waals surface area contributed by atoms with E-state index >= 15 is 0 Å². The van der Waals surface area contributed by atoms with Gasteiger partial charge in [0.2, 0.25) is 0 Å². The van der Waals surface area contributed by atoms with Crippen LogP contribution in [0.1, 0.15) is 75.9 Å². The molecule has 0 radical (unpaired) electrons. The standard InChI is InChI=1S/C33H33ClF5N9O3/c1-30(2,3)15-32(20-5-7-21(8-6-20)46-18-41-16-43-46)28(50)47(29(40)45-32)24(14-51-25(49)13-31(10-11-31)33(37,38)39)19-4-9-22(34)23(12-19)48-27(26(35)36)42-17-44-48/h4-9,12,16-18,24,26H,10-11,13-15H2,1-3H3,(H2,40,45)/t24-,32-/m1/s1. The summed E-state index contributed by atoms with van der Waals surface area (Å²) in [4.78, 5) is 41.2. The lowest BCUT2D eigenvalue weighted by Gasteiger charge is -2.35. The lowest BCUT2D eigenvalue weighted by molar-refractivity contribution is -0.195. The molecule has 18 heteroatoms. The Morgan fingerprint density at radius 1 is 1.06 bits per heavy atom. The van der Waals surface area contributed by atoms with E-state index in [-0.39, 0.29) is 41.5 Å². The summed E-state index contributed by atoms with van der Waals surface area (Å²) in [5.41, 5.74) is 3.58. The molecule has 1 amide bonds. The van der Waals surface area contributed by atoms with Crippen molar-refractivity contribution in [3.63, 3.8) is 0 Å². The van der Waals surface area contributed by atoms with Gasteiger partial charge in [-0.05, 0) is 60.1 Å². The normalized spacial score (nSPS) is 19.4. The summed E-state index contributed by atoms with van der Waals surface area (Å²) in [5.74, 6) is -2.71. The number of hydrogen-bond donors (Lipinski definition) is 1. The summed E-state index contributed by atoms with van der Waals surface area (Å²) in [5, 5.41) is 8.00. The molecule has 0 spiro atoms. The van der Waals surface area contributed by atoms with Crippen LogP contribution in [0.3, 0.4) is 0 Å². The third-order valence-electron chi connectivity index (χ3n) is 8.94. The summed E-state index contributed by atoms with van der Waals surface area (Å²) < 4.78 is 76.5. The summed E-state index contributed by atoms with van der Waals surface area (Å²) in [7, 11) is 0. The quantitative estimate of drug-likeness (QED) is 0.141. The van der Waals surface area contributed by atoms with Gasteiger partial charge < -0.3 is 10.5 Å². The molecule has 1 fully saturated rings. The molecule has 12 nitrogen and oxygen atoms in total. The third kappa shape index (κ3) is 6.90. The maximum absolute atomic E-state index is 14.8. The van der Waals surface area contributed by atoms with Crippen molar-refractivity contribution in [1.29, 1.82) is 0 Å². The van der Waals surface area contributed by atoms with Crippen LogP contribution in [0.15, 0.2) is 66.4 Å². The topological polar surface area (TPSA) is 146 Å². The molecule has 2 atom stereocenters. The van der Waals surface area contributed by atoms with Gasteiger partial charge in [0.25, 0.3) is 12.3 Å². The van der Waals surface area contributed by atoms with Crippen LogP contribution in [0.2, 0.25) is 5.02 Å². The van der Waals surface area contributed by atoms with Crippen LogP contribution in [0.25, 0.3) is 11.4 Å². The van der Waals surface area contributed by atoms with E-state index in [9.17, 15) is 31.5 Å². The fraction of sp³-hybridized carbons (Fsp3) is 0.424. The molecule has 1 saturated carbocycles. The van der Waals surface area contributed by atoms with Gasteiger partial charge in [0.05, 0.1) is 34.3 Å². The van der Waals surface area contributed by atoms with Gasteiger partial charge in [-0.1, -0.05) is 50.6 Å². The molecular weight excluding hydrogens is 701 g/mol. The SMILES string of the molecule is CC(C)(C)C[C@]1(c2ccc(-n3cncn3)cc2)N=C(N)N([C@H](COC(=O)CC2(C(F)(F)F)CC2)c2ccc(Cl)c(-n3ncnc3C(F)F)c2)C1=O. The van der Waals surface area contributed by atoms with E-state index in [0.29, 0.717) is 11.3 Å². The third-order valence-corrected chi connectivity index (χ3v) is 9.26. The zero-order chi connectivity index (χ0) is 36.9. The number of nitrogens with zero attached hydrogens (tertiary/aromatic N) is 8. The Kier molecular flexibility index (Phi) is 9.14. The molecule has 4 aromatic rings. The number of halogens is 6. The Morgan fingerprint density at radius 3 is 2.35 bits per heavy atom. The monoisotopic (exact) mass is 733 g/mol. The van der Waals surface area contributed by atoms with Crippen LogP contribution in [0, 0.1) is 10.8 Å². The van der Waals surface area contributed by atoms with Crippen LogP contribution in [-0.2, 0) is 19.9 Å². The zero-order valence-corrected chi connectivity index (χ0v) is 28.4. The zero-order valence-electron chi connectivity index (χ0n) is 27.6. The summed E-state index contributed by atoms with van der Waals surface area (Å²) in [6, 6.07) is 9.76. The number of ether oxygens (including phenoxy) is 1. The minimum Gasteiger partial charge on any atom is -0.463 e. The van der Waals surface area contributed by atoms with E-state index in [1.807, 2.05) is 20.8 Å². The van der Waals surface area contributed by atoms with Gasteiger partial charge in [-0.15, -0.1) is 0 Å². The molecule has 2 aromatic heterocycles. The van der Waals surface area contributed by atoms with Gasteiger partial charge in [-0.2, -0.15) is 23.4 Å². The molecule has 0 bridgehead atoms. The largest absolute Gasteiger partial charge is 0.463 e. The van der Waals surface area contributed by atoms with Gasteiger partial charge in [0, 0.05) is 0 Å². The van der Waals surface area contributed by atoms with Crippen molar-refractivity contribution in [2.75, 3.05) is 6.61 Å². The number of aromatic nitrogens is 6. The molecule has 51 heavy (non-hydrogen) atoms. The van der Waals surface area contributed by atoms with E-state index in [1.54, 1.807) is 24.3 Å². The first kappa shape index (κ1) is 35.9. The van der Waals surface area contributed by atoms with Gasteiger partial charge in [-0.25, -0.2) is 33.1 Å². The number of alkyl halides is 5.